The van der Waals surface area contributed by atoms with Crippen molar-refractivity contribution < 1.29 is 75.8 Å². The Hall–Kier alpha value is -7.24. The molecule has 16 nitrogen and oxygen atoms in total. The first-order valence-corrected chi connectivity index (χ1v) is 49.2. The summed E-state index contributed by atoms with van der Waals surface area (Å²) in [4.78, 5) is 0. The third kappa shape index (κ3) is 34.6. The Kier molecular flexibility index (Phi) is 50.9. The van der Waals surface area contributed by atoms with E-state index in [4.69, 9.17) is 75.8 Å². The molecule has 0 radical (unpaired) electrons. The highest BCUT2D eigenvalue weighted by Crippen LogP contribution is 2.50. The first-order valence-electron chi connectivity index (χ1n) is 49.2. The summed E-state index contributed by atoms with van der Waals surface area (Å²) in [5.41, 5.74) is 0. The van der Waals surface area contributed by atoms with E-state index in [1.807, 2.05) is 0 Å². The van der Waals surface area contributed by atoms with Gasteiger partial charge >= 0.3 is 0 Å². The highest BCUT2D eigenvalue weighted by molar-refractivity contribution is 6.28. The normalized spacial score (nSPS) is 11.7. The zero-order valence-corrected chi connectivity index (χ0v) is 77.9. The van der Waals surface area contributed by atoms with Crippen molar-refractivity contribution in [1.82, 2.24) is 0 Å². The molecule has 122 heavy (non-hydrogen) atoms. The van der Waals surface area contributed by atoms with E-state index in [2.05, 4.69) is 142 Å². The molecule has 8 rings (SSSR count). The molecule has 0 bridgehead atoms. The highest BCUT2D eigenvalue weighted by Gasteiger charge is 2.25. The fourth-order valence-corrected chi connectivity index (χ4v) is 15.7. The minimum Gasteiger partial charge on any atom is -0.490 e. The molecule has 0 atom stereocenters. The van der Waals surface area contributed by atoms with Crippen LogP contribution in [0.5, 0.6) is 69.0 Å². The number of unbranched alkanes of at least 4 members (excludes halogenated alkanes) is 30. The molecule has 0 spiro atoms. The van der Waals surface area contributed by atoms with E-state index in [-0.39, 0.29) is 0 Å². The lowest BCUT2D eigenvalue weighted by molar-refractivity contribution is -0.00711. The van der Waals surface area contributed by atoms with Gasteiger partial charge in [-0.15, -0.1) is 0 Å². The summed E-state index contributed by atoms with van der Waals surface area (Å²) in [6.07, 6.45) is 44.3. The van der Waals surface area contributed by atoms with Crippen molar-refractivity contribution >= 4 is 64.6 Å². The number of rotatable bonds is 77. The van der Waals surface area contributed by atoms with Gasteiger partial charge in [-0.1, -0.05) is 262 Å². The van der Waals surface area contributed by atoms with Crippen LogP contribution in [-0.2, 0) is 18.9 Å². The van der Waals surface area contributed by atoms with Crippen LogP contribution in [0.4, 0.5) is 0 Å². The summed E-state index contributed by atoms with van der Waals surface area (Å²) in [6, 6.07) is 26.4. The second-order valence-corrected chi connectivity index (χ2v) is 33.3. The van der Waals surface area contributed by atoms with Gasteiger partial charge in [-0.05, 0) is 202 Å². The van der Waals surface area contributed by atoms with Gasteiger partial charge in [0.1, 0.15) is 13.2 Å². The average molecular weight is 1690 g/mol. The van der Waals surface area contributed by atoms with Crippen molar-refractivity contribution in [3.05, 3.63) is 72.8 Å². The number of benzene rings is 8. The van der Waals surface area contributed by atoms with Gasteiger partial charge in [0, 0.05) is 0 Å². The Morgan fingerprint density at radius 2 is 0.213 bits per heavy atom. The van der Waals surface area contributed by atoms with Gasteiger partial charge in [-0.3, -0.25) is 0 Å². The molecule has 8 aromatic rings. The second kappa shape index (κ2) is 62.0. The number of ether oxygens (including phenoxy) is 16. The van der Waals surface area contributed by atoms with E-state index >= 15 is 0 Å². The first kappa shape index (κ1) is 100. The predicted octanol–water partition coefficient (Wildman–Crippen LogP) is 29.7. The molecular weight excluding hydrogens is 1530 g/mol. The van der Waals surface area contributed by atoms with Gasteiger partial charge in [0.15, 0.2) is 69.0 Å². The molecular formula is C106H162O16. The van der Waals surface area contributed by atoms with Gasteiger partial charge in [0.25, 0.3) is 0 Å². The largest absolute Gasteiger partial charge is 0.490 e. The van der Waals surface area contributed by atoms with E-state index in [0.717, 1.165) is 278 Å². The lowest BCUT2D eigenvalue weighted by atomic mass is 9.93. The van der Waals surface area contributed by atoms with Gasteiger partial charge in [0.05, 0.1) is 119 Å². The van der Waals surface area contributed by atoms with Crippen LogP contribution >= 0.6 is 0 Å². The molecule has 0 amide bonds. The summed E-state index contributed by atoms with van der Waals surface area (Å²) in [7, 11) is 0. The maximum Gasteiger partial charge on any atom is 0.161 e. The maximum atomic E-state index is 6.78. The molecule has 0 N–H and O–H groups in total. The van der Waals surface area contributed by atoms with Crippen LogP contribution < -0.4 is 56.8 Å². The maximum absolute atomic E-state index is 6.78. The second-order valence-electron chi connectivity index (χ2n) is 33.3. The summed E-state index contributed by atoms with van der Waals surface area (Å²) in [5, 5.41) is 12.6. The average Bonchev–Trinajstić information content (AvgIpc) is 0.731. The molecule has 0 fully saturated rings. The van der Waals surface area contributed by atoms with Crippen molar-refractivity contribution in [1.29, 1.82) is 0 Å². The fraction of sp³-hybridized carbons (Fsp3) is 0.660. The summed E-state index contributed by atoms with van der Waals surface area (Å²) < 4.78 is 105. The Bertz CT molecular complexity index is 3770. The smallest absolute Gasteiger partial charge is 0.161 e. The molecule has 0 saturated carbocycles. The Morgan fingerprint density at radius 3 is 0.320 bits per heavy atom. The van der Waals surface area contributed by atoms with Crippen LogP contribution in [-0.4, -0.2) is 132 Å². The van der Waals surface area contributed by atoms with Gasteiger partial charge in [0.2, 0.25) is 0 Å². The van der Waals surface area contributed by atoms with E-state index < -0.39 is 0 Å². The summed E-state index contributed by atoms with van der Waals surface area (Å²) in [5.74, 6) is 8.88. The van der Waals surface area contributed by atoms with E-state index in [0.29, 0.717) is 155 Å². The zero-order valence-electron chi connectivity index (χ0n) is 77.9. The molecule has 0 unspecified atom stereocenters. The summed E-state index contributed by atoms with van der Waals surface area (Å²) in [6.45, 7) is 32.4. The SMILES string of the molecule is CCCCCCOc1cc2c3cc(OCCCCCC)c(OCCCCCC)cc3c3cc(OCCOCCOCCOCCOCCOc4cc5c6cc(OCCCCCC)c(OCCCCCC)cc6c6cc(OCCCCCC)c(OCCCCCC)cc6c5cc4OCCCCCC)c(OCCCCCC)cc3c2cc1OCCCCCC. The van der Waals surface area contributed by atoms with Gasteiger partial charge < -0.3 is 75.8 Å². The molecule has 8 aromatic carbocycles. The number of hydrogen-bond donors (Lipinski definition) is 0. The van der Waals surface area contributed by atoms with Crippen molar-refractivity contribution in [3.8, 4) is 69.0 Å². The Balaban J connectivity index is 0.945. The van der Waals surface area contributed by atoms with Crippen molar-refractivity contribution in [3.63, 3.8) is 0 Å². The van der Waals surface area contributed by atoms with Gasteiger partial charge in [-0.2, -0.15) is 0 Å². The molecule has 0 aliphatic rings. The predicted molar refractivity (Wildman–Crippen MR) is 509 cm³/mol. The fourth-order valence-electron chi connectivity index (χ4n) is 15.7. The van der Waals surface area contributed by atoms with Crippen molar-refractivity contribution in [2.24, 2.45) is 0 Å². The Morgan fingerprint density at radius 1 is 0.115 bits per heavy atom. The summed E-state index contributed by atoms with van der Waals surface area (Å²) >= 11 is 0. The third-order valence-corrected chi connectivity index (χ3v) is 22.9. The van der Waals surface area contributed by atoms with Crippen LogP contribution in [0.3, 0.4) is 0 Å². The minimum atomic E-state index is 0.318. The van der Waals surface area contributed by atoms with Gasteiger partial charge in [-0.25, -0.2) is 0 Å². The molecule has 0 heterocycles. The standard InChI is InChI=1S/C106H162O16/c1-11-21-31-41-51-111-95-71-83-85-73-97(113-53-43-33-23-13-3)101(117-57-47-37-27-17-7)77-89(85)93-81-105(103(119-59-49-39-29-19-9)79-91(93)87(83)75-99(95)115-55-45-35-25-15-5)121-69-67-109-65-63-107-61-62-108-64-66-110-68-70-122-106-82-94-90-78-102(118-58-48-38-28-18-8)98(114-54-44-34-24-14-4)74-86(90)84-72-96(112-52-42-32-22-12-2)100(116-56-46-36-26-16-6)76-88(84)92(94)80-104(106)120-60-50-40-30-20-10/h71-82H,11-70H2,1-10H3. The number of hydrogen-bond acceptors (Lipinski definition) is 16. The number of fused-ring (bicyclic) bond motifs is 12. The highest BCUT2D eigenvalue weighted by atomic mass is 16.6. The van der Waals surface area contributed by atoms with Crippen LogP contribution in [0.25, 0.3) is 64.6 Å². The topological polar surface area (TPSA) is 148 Å². The van der Waals surface area contributed by atoms with Crippen molar-refractivity contribution in [2.75, 3.05) is 132 Å². The van der Waals surface area contributed by atoms with Crippen LogP contribution in [0.1, 0.15) is 326 Å². The van der Waals surface area contributed by atoms with Crippen LogP contribution in [0.15, 0.2) is 72.8 Å². The third-order valence-electron chi connectivity index (χ3n) is 22.9. The molecule has 0 aromatic heterocycles. The molecule has 682 valence electrons. The molecule has 0 saturated heterocycles. The van der Waals surface area contributed by atoms with E-state index in [1.165, 1.54) is 89.9 Å². The quantitative estimate of drug-likeness (QED) is 0.0263. The van der Waals surface area contributed by atoms with Crippen LogP contribution in [0, 0.1) is 0 Å². The van der Waals surface area contributed by atoms with Crippen LogP contribution in [0.2, 0.25) is 0 Å². The molecule has 16 heteroatoms. The molecule has 0 aliphatic heterocycles. The monoisotopic (exact) mass is 1690 g/mol. The zero-order chi connectivity index (χ0) is 86.1. The minimum absolute atomic E-state index is 0.318. The van der Waals surface area contributed by atoms with E-state index in [9.17, 15) is 0 Å². The Labute approximate surface area is 736 Å². The van der Waals surface area contributed by atoms with Crippen molar-refractivity contribution in [2.45, 2.75) is 326 Å². The first-order chi connectivity index (χ1) is 60.3. The lowest BCUT2D eigenvalue weighted by Gasteiger charge is -2.21. The lowest BCUT2D eigenvalue weighted by Crippen LogP contribution is -2.15. The molecule has 0 aliphatic carbocycles. The van der Waals surface area contributed by atoms with E-state index in [1.54, 1.807) is 0 Å².